The fraction of sp³-hybridized carbons (Fsp3) is 0.375. The number of nitrogens with zero attached hydrogens (tertiary/aromatic N) is 4. The number of nitrogens with one attached hydrogen (secondary N) is 3. The summed E-state index contributed by atoms with van der Waals surface area (Å²) < 4.78 is 0. The molecule has 2 aliphatic rings. The number of carbonyl (C=O) groups is 3. The summed E-state index contributed by atoms with van der Waals surface area (Å²) in [5.74, 6) is -0.619. The number of carbonyl (C=O) groups excluding carboxylic acids is 3. The van der Waals surface area contributed by atoms with E-state index < -0.39 is 17.5 Å². The molecule has 10 heteroatoms. The number of H-pyrrole nitrogens is 1. The van der Waals surface area contributed by atoms with E-state index in [0.717, 1.165) is 0 Å². The quantitative estimate of drug-likeness (QED) is 0.652. The lowest BCUT2D eigenvalue weighted by Gasteiger charge is -2.39. The number of aromatic amines is 1. The Labute approximate surface area is 148 Å². The molecule has 4 amide bonds. The molecule has 4 heterocycles. The summed E-state index contributed by atoms with van der Waals surface area (Å²) in [5.41, 5.74) is -0.706. The predicted octanol–water partition coefficient (Wildman–Crippen LogP) is -0.213. The molecule has 1 atom stereocenters. The summed E-state index contributed by atoms with van der Waals surface area (Å²) in [5, 5.41) is 11.4. The van der Waals surface area contributed by atoms with Gasteiger partial charge in [0.2, 0.25) is 5.82 Å². The normalized spacial score (nSPS) is 23.6. The second-order valence-corrected chi connectivity index (χ2v) is 6.33. The number of amides is 4. The number of likely N-dealkylation sites (tertiary alicyclic amines) is 1. The first-order chi connectivity index (χ1) is 12.6. The van der Waals surface area contributed by atoms with Crippen molar-refractivity contribution in [3.8, 4) is 0 Å². The van der Waals surface area contributed by atoms with Gasteiger partial charge in [0, 0.05) is 25.2 Å². The number of aromatic nitrogens is 4. The smallest absolute Gasteiger partial charge is 0.322 e. The van der Waals surface area contributed by atoms with Gasteiger partial charge in [-0.1, -0.05) is 6.07 Å². The van der Waals surface area contributed by atoms with Gasteiger partial charge in [0.1, 0.15) is 6.33 Å². The number of hydrogen-bond acceptors (Lipinski definition) is 6. The van der Waals surface area contributed by atoms with Gasteiger partial charge in [0.05, 0.1) is 5.69 Å². The molecule has 2 aromatic rings. The molecule has 3 N–H and O–H groups in total. The molecule has 4 rings (SSSR count). The molecule has 0 spiro atoms. The van der Waals surface area contributed by atoms with Crippen LogP contribution in [0.2, 0.25) is 0 Å². The van der Waals surface area contributed by atoms with Crippen molar-refractivity contribution in [3.63, 3.8) is 0 Å². The third-order valence-corrected chi connectivity index (χ3v) is 4.98. The monoisotopic (exact) mass is 355 g/mol. The van der Waals surface area contributed by atoms with Crippen LogP contribution < -0.4 is 10.6 Å². The Balaban J connectivity index is 1.57. The highest BCUT2D eigenvalue weighted by molar-refractivity contribution is 6.07. The van der Waals surface area contributed by atoms with Crippen LogP contribution in [0.5, 0.6) is 0 Å². The maximum atomic E-state index is 12.7. The van der Waals surface area contributed by atoms with E-state index in [2.05, 4.69) is 30.8 Å². The number of rotatable bonds is 3. The van der Waals surface area contributed by atoms with Crippen LogP contribution in [-0.4, -0.2) is 56.0 Å². The van der Waals surface area contributed by atoms with Crippen molar-refractivity contribution in [2.24, 2.45) is 5.92 Å². The van der Waals surface area contributed by atoms with E-state index in [0.29, 0.717) is 31.6 Å². The second-order valence-electron chi connectivity index (χ2n) is 6.33. The molecular formula is C16H17N7O3. The van der Waals surface area contributed by atoms with E-state index in [9.17, 15) is 14.4 Å². The first-order valence-electron chi connectivity index (χ1n) is 8.31. The molecule has 10 nitrogen and oxygen atoms in total. The van der Waals surface area contributed by atoms with Crippen molar-refractivity contribution in [2.45, 2.75) is 18.4 Å². The van der Waals surface area contributed by atoms with Crippen LogP contribution in [0.3, 0.4) is 0 Å². The summed E-state index contributed by atoms with van der Waals surface area (Å²) in [7, 11) is 0. The highest BCUT2D eigenvalue weighted by atomic mass is 16.2. The van der Waals surface area contributed by atoms with E-state index in [1.165, 1.54) is 6.33 Å². The zero-order valence-corrected chi connectivity index (χ0v) is 13.8. The van der Waals surface area contributed by atoms with Crippen molar-refractivity contribution in [3.05, 3.63) is 42.2 Å². The summed E-state index contributed by atoms with van der Waals surface area (Å²) in [6.07, 6.45) is 3.97. The minimum absolute atomic E-state index is 0.178. The maximum absolute atomic E-state index is 12.7. The second kappa shape index (κ2) is 6.21. The van der Waals surface area contributed by atoms with Crippen LogP contribution in [0, 0.1) is 5.92 Å². The molecule has 134 valence electrons. The van der Waals surface area contributed by atoms with Crippen molar-refractivity contribution in [2.75, 3.05) is 13.1 Å². The zero-order chi connectivity index (χ0) is 18.1. The summed E-state index contributed by atoms with van der Waals surface area (Å²) in [6.45, 7) is 0.893. The molecular weight excluding hydrogens is 338 g/mol. The summed E-state index contributed by atoms with van der Waals surface area (Å²) in [4.78, 5) is 46.8. The molecule has 2 aliphatic heterocycles. The van der Waals surface area contributed by atoms with E-state index in [4.69, 9.17) is 0 Å². The minimum Gasteiger partial charge on any atom is -0.336 e. The largest absolute Gasteiger partial charge is 0.336 e. The average Bonchev–Trinajstić information content (AvgIpc) is 3.30. The molecule has 0 bridgehead atoms. The highest BCUT2D eigenvalue weighted by Gasteiger charge is 2.54. The fourth-order valence-electron chi connectivity index (χ4n) is 3.72. The molecule has 0 aliphatic carbocycles. The van der Waals surface area contributed by atoms with Gasteiger partial charge in [0.15, 0.2) is 5.54 Å². The Morgan fingerprint density at radius 1 is 1.19 bits per heavy atom. The molecule has 0 aromatic carbocycles. The summed E-state index contributed by atoms with van der Waals surface area (Å²) in [6, 6.07) is 4.74. The maximum Gasteiger partial charge on any atom is 0.322 e. The van der Waals surface area contributed by atoms with E-state index in [1.807, 2.05) is 0 Å². The third kappa shape index (κ3) is 2.50. The highest BCUT2D eigenvalue weighted by Crippen LogP contribution is 2.38. The number of pyridine rings is 1. The third-order valence-electron chi connectivity index (χ3n) is 4.98. The van der Waals surface area contributed by atoms with E-state index in [1.54, 1.807) is 29.3 Å². The van der Waals surface area contributed by atoms with Gasteiger partial charge in [-0.15, -0.1) is 0 Å². The topological polar surface area (TPSA) is 133 Å². The van der Waals surface area contributed by atoms with Crippen LogP contribution in [0.25, 0.3) is 0 Å². The van der Waals surface area contributed by atoms with Gasteiger partial charge in [0.25, 0.3) is 11.8 Å². The number of piperidine rings is 1. The molecule has 2 fully saturated rings. The lowest BCUT2D eigenvalue weighted by Crippen LogP contribution is -2.54. The van der Waals surface area contributed by atoms with Gasteiger partial charge in [-0.25, -0.2) is 9.78 Å². The Morgan fingerprint density at radius 2 is 2.00 bits per heavy atom. The van der Waals surface area contributed by atoms with Crippen LogP contribution in [-0.2, 0) is 10.3 Å². The van der Waals surface area contributed by atoms with Crippen LogP contribution in [0.1, 0.15) is 29.2 Å². The van der Waals surface area contributed by atoms with Crippen molar-refractivity contribution >= 4 is 17.8 Å². The van der Waals surface area contributed by atoms with E-state index in [-0.39, 0.29) is 17.6 Å². The molecule has 26 heavy (non-hydrogen) atoms. The van der Waals surface area contributed by atoms with E-state index >= 15 is 0 Å². The molecule has 0 saturated carbocycles. The van der Waals surface area contributed by atoms with Crippen molar-refractivity contribution < 1.29 is 14.4 Å². The molecule has 1 unspecified atom stereocenters. The number of urea groups is 1. The first kappa shape index (κ1) is 16.2. The van der Waals surface area contributed by atoms with Gasteiger partial charge in [-0.05, 0) is 25.0 Å². The lowest BCUT2D eigenvalue weighted by molar-refractivity contribution is -0.127. The van der Waals surface area contributed by atoms with Gasteiger partial charge in [-0.2, -0.15) is 5.10 Å². The molecule has 0 radical (unpaired) electrons. The standard InChI is InChI=1S/C16H17N7O3/c24-13(12-18-9-19-22-12)23-7-4-10(5-8-23)16(11-3-1-2-6-17-11)14(25)20-15(26)21-16/h1-3,6,9-10H,4-5,7-8H2,(H,18,19,22)(H2,20,21,25,26). The number of imide groups is 1. The first-order valence-corrected chi connectivity index (χ1v) is 8.31. The van der Waals surface area contributed by atoms with Gasteiger partial charge < -0.3 is 10.2 Å². The van der Waals surface area contributed by atoms with Gasteiger partial charge in [-0.3, -0.25) is 25.0 Å². The fourth-order valence-corrected chi connectivity index (χ4v) is 3.72. The Kier molecular flexibility index (Phi) is 3.86. The van der Waals surface area contributed by atoms with Crippen LogP contribution in [0.4, 0.5) is 4.79 Å². The summed E-state index contributed by atoms with van der Waals surface area (Å²) >= 11 is 0. The lowest BCUT2D eigenvalue weighted by atomic mass is 9.75. The Morgan fingerprint density at radius 3 is 2.58 bits per heavy atom. The zero-order valence-electron chi connectivity index (χ0n) is 13.8. The molecule has 2 aromatic heterocycles. The van der Waals surface area contributed by atoms with Crippen LogP contribution >= 0.6 is 0 Å². The predicted molar refractivity (Wildman–Crippen MR) is 87.6 cm³/mol. The SMILES string of the molecule is O=C1NC(=O)C(c2ccccn2)(C2CCN(C(=O)c3ncn[nH]3)CC2)N1. The number of hydrogen-bond donors (Lipinski definition) is 3. The Hall–Kier alpha value is -3.30. The van der Waals surface area contributed by atoms with Crippen molar-refractivity contribution in [1.29, 1.82) is 0 Å². The van der Waals surface area contributed by atoms with Crippen LogP contribution in [0.15, 0.2) is 30.7 Å². The molecule has 2 saturated heterocycles. The minimum atomic E-state index is -1.21. The average molecular weight is 355 g/mol. The Bertz CT molecular complexity index is 831. The van der Waals surface area contributed by atoms with Gasteiger partial charge >= 0.3 is 6.03 Å². The van der Waals surface area contributed by atoms with Crippen molar-refractivity contribution in [1.82, 2.24) is 35.7 Å².